The van der Waals surface area contributed by atoms with E-state index in [1.54, 1.807) is 0 Å². The molecule has 0 aliphatic carbocycles. The Morgan fingerprint density at radius 3 is 2.17 bits per heavy atom. The third-order valence-electron chi connectivity index (χ3n) is 6.27. The number of amides is 1. The summed E-state index contributed by atoms with van der Waals surface area (Å²) in [5, 5.41) is 13.2. The lowest BCUT2D eigenvalue weighted by Gasteiger charge is -2.31. The number of allylic oxidation sites excluding steroid dienone is 4. The zero-order valence-corrected chi connectivity index (χ0v) is 23.7. The van der Waals surface area contributed by atoms with E-state index in [1.165, 1.54) is 51.4 Å². The molecule has 0 heterocycles. The number of rotatable bonds is 25. The highest BCUT2D eigenvalue weighted by Gasteiger charge is 2.20. The predicted octanol–water partition coefficient (Wildman–Crippen LogP) is 6.56. The molecule has 0 aliphatic heterocycles. The van der Waals surface area contributed by atoms with Crippen LogP contribution in [0.2, 0.25) is 0 Å². The highest BCUT2D eigenvalue weighted by atomic mass is 16.5. The van der Waals surface area contributed by atoms with Crippen molar-refractivity contribution in [2.45, 2.75) is 116 Å². The molecule has 0 bridgehead atoms. The number of nitrogens with one attached hydrogen (secondary N) is 1. The number of hydrogen-bond donors (Lipinski definition) is 2. The van der Waals surface area contributed by atoms with Crippen LogP contribution in [0.3, 0.4) is 0 Å². The Kier molecular flexibility index (Phi) is 23.7. The van der Waals surface area contributed by atoms with Gasteiger partial charge < -0.3 is 19.6 Å². The summed E-state index contributed by atoms with van der Waals surface area (Å²) in [5.74, 6) is 0.172. The van der Waals surface area contributed by atoms with E-state index in [9.17, 15) is 9.90 Å². The van der Waals surface area contributed by atoms with Gasteiger partial charge in [0, 0.05) is 26.0 Å². The first-order valence-corrected chi connectivity index (χ1v) is 14.6. The van der Waals surface area contributed by atoms with Crippen LogP contribution >= 0.6 is 0 Å². The van der Waals surface area contributed by atoms with Crippen LogP contribution in [0.25, 0.3) is 0 Å². The van der Waals surface area contributed by atoms with Gasteiger partial charge in [-0.3, -0.25) is 4.79 Å². The summed E-state index contributed by atoms with van der Waals surface area (Å²) >= 11 is 0. The molecule has 0 radical (unpaired) electrons. The average molecular weight is 496 g/mol. The van der Waals surface area contributed by atoms with Crippen LogP contribution in [0, 0.1) is 0 Å². The predicted molar refractivity (Wildman–Crippen MR) is 151 cm³/mol. The summed E-state index contributed by atoms with van der Waals surface area (Å²) < 4.78 is 6.26. The molecule has 1 atom stereocenters. The summed E-state index contributed by atoms with van der Waals surface area (Å²) in [5.41, 5.74) is 0. The van der Waals surface area contributed by atoms with Crippen LogP contribution in [0.5, 0.6) is 0 Å². The maximum Gasteiger partial charge on any atom is 0.219 e. The van der Waals surface area contributed by atoms with E-state index in [-0.39, 0.29) is 5.91 Å². The van der Waals surface area contributed by atoms with Gasteiger partial charge in [-0.25, -0.2) is 0 Å². The van der Waals surface area contributed by atoms with E-state index < -0.39 is 6.10 Å². The average Bonchev–Trinajstić information content (AvgIpc) is 2.82. The SMILES string of the molecule is CCCCC/C=C\C/C=C\CCCCCCCC(=O)NCCC[N+](C)(C)CC(O)COCCCC. The summed E-state index contributed by atoms with van der Waals surface area (Å²) in [4.78, 5) is 12.1. The fourth-order valence-electron chi connectivity index (χ4n) is 4.10. The number of nitrogens with zero attached hydrogens (tertiary/aromatic N) is 1. The van der Waals surface area contributed by atoms with Crippen LogP contribution < -0.4 is 5.32 Å². The van der Waals surface area contributed by atoms with E-state index in [2.05, 4.69) is 57.6 Å². The number of hydrogen-bond acceptors (Lipinski definition) is 3. The van der Waals surface area contributed by atoms with Gasteiger partial charge >= 0.3 is 0 Å². The topological polar surface area (TPSA) is 58.6 Å². The van der Waals surface area contributed by atoms with Crippen molar-refractivity contribution >= 4 is 5.91 Å². The monoisotopic (exact) mass is 495 g/mol. The number of carbonyl (C=O) groups is 1. The van der Waals surface area contributed by atoms with E-state index in [0.29, 0.717) is 26.1 Å². The Hall–Kier alpha value is -1.17. The number of likely N-dealkylation sites (N-methyl/N-ethyl adjacent to an activating group) is 1. The summed E-state index contributed by atoms with van der Waals surface area (Å²) in [6, 6.07) is 0. The van der Waals surface area contributed by atoms with E-state index in [4.69, 9.17) is 4.74 Å². The fourth-order valence-corrected chi connectivity index (χ4v) is 4.10. The van der Waals surface area contributed by atoms with Crippen molar-refractivity contribution in [3.63, 3.8) is 0 Å². The van der Waals surface area contributed by atoms with Gasteiger partial charge in [0.05, 0.1) is 27.2 Å². The normalized spacial score (nSPS) is 13.2. The Morgan fingerprint density at radius 1 is 0.857 bits per heavy atom. The van der Waals surface area contributed by atoms with Gasteiger partial charge in [0.25, 0.3) is 0 Å². The molecular weight excluding hydrogens is 436 g/mol. The number of aliphatic hydroxyl groups excluding tert-OH is 1. The summed E-state index contributed by atoms with van der Waals surface area (Å²) in [7, 11) is 4.25. The van der Waals surface area contributed by atoms with Crippen LogP contribution in [0.1, 0.15) is 110 Å². The minimum atomic E-state index is -0.435. The first-order chi connectivity index (χ1) is 16.9. The Morgan fingerprint density at radius 2 is 1.49 bits per heavy atom. The quantitative estimate of drug-likeness (QED) is 0.0856. The molecule has 0 fully saturated rings. The molecule has 0 aromatic carbocycles. The smallest absolute Gasteiger partial charge is 0.219 e. The molecule has 0 aliphatic rings. The van der Waals surface area contributed by atoms with Crippen molar-refractivity contribution in [2.24, 2.45) is 0 Å². The fraction of sp³-hybridized carbons (Fsp3) is 0.833. The molecule has 35 heavy (non-hydrogen) atoms. The lowest BCUT2D eigenvalue weighted by molar-refractivity contribution is -0.893. The van der Waals surface area contributed by atoms with E-state index in [0.717, 1.165) is 56.2 Å². The second-order valence-corrected chi connectivity index (χ2v) is 10.6. The van der Waals surface area contributed by atoms with Gasteiger partial charge in [0.2, 0.25) is 5.91 Å². The zero-order chi connectivity index (χ0) is 26.0. The second-order valence-electron chi connectivity index (χ2n) is 10.6. The summed E-state index contributed by atoms with van der Waals surface area (Å²) in [6.45, 7) is 7.82. The lowest BCUT2D eigenvalue weighted by Crippen LogP contribution is -2.47. The van der Waals surface area contributed by atoms with Gasteiger partial charge in [-0.05, 0) is 44.9 Å². The van der Waals surface area contributed by atoms with Gasteiger partial charge in [-0.1, -0.05) is 76.7 Å². The van der Waals surface area contributed by atoms with Crippen molar-refractivity contribution in [3.8, 4) is 0 Å². The molecule has 0 aromatic rings. The molecule has 1 amide bonds. The highest BCUT2D eigenvalue weighted by Crippen LogP contribution is 2.08. The third-order valence-corrected chi connectivity index (χ3v) is 6.27. The summed E-state index contributed by atoms with van der Waals surface area (Å²) in [6.07, 6.45) is 25.7. The molecular formula is C30H59N2O3+. The lowest BCUT2D eigenvalue weighted by atomic mass is 10.1. The van der Waals surface area contributed by atoms with Crippen LogP contribution in [-0.4, -0.2) is 68.5 Å². The number of unbranched alkanes of at least 4 members (excludes halogenated alkanes) is 9. The van der Waals surface area contributed by atoms with Gasteiger partial charge in [0.1, 0.15) is 12.6 Å². The Balaban J connectivity index is 3.56. The van der Waals surface area contributed by atoms with Crippen molar-refractivity contribution in [2.75, 3.05) is 46.9 Å². The van der Waals surface area contributed by atoms with Crippen LogP contribution in [-0.2, 0) is 9.53 Å². The van der Waals surface area contributed by atoms with Crippen molar-refractivity contribution in [1.29, 1.82) is 0 Å². The molecule has 2 N–H and O–H groups in total. The van der Waals surface area contributed by atoms with Crippen molar-refractivity contribution in [3.05, 3.63) is 24.3 Å². The molecule has 0 saturated heterocycles. The first kappa shape index (κ1) is 33.8. The minimum Gasteiger partial charge on any atom is -0.385 e. The molecule has 0 saturated carbocycles. The zero-order valence-electron chi connectivity index (χ0n) is 23.7. The number of ether oxygens (including phenoxy) is 1. The maximum atomic E-state index is 12.1. The van der Waals surface area contributed by atoms with Crippen LogP contribution in [0.4, 0.5) is 0 Å². The number of aliphatic hydroxyl groups is 1. The molecule has 206 valence electrons. The standard InChI is InChI=1S/C30H58N2O3/c1-5-7-9-10-11-12-13-14-15-16-17-18-19-20-21-23-30(34)31-24-22-25-32(3,4)27-29(33)28-35-26-8-6-2/h11-12,14-15,29,33H,5-10,13,16-28H2,1-4H3/p+1/b12-11-,15-14-. The second kappa shape index (κ2) is 24.5. The van der Waals surface area contributed by atoms with Gasteiger partial charge in [0.15, 0.2) is 0 Å². The van der Waals surface area contributed by atoms with E-state index in [1.807, 2.05) is 0 Å². The largest absolute Gasteiger partial charge is 0.385 e. The number of carbonyl (C=O) groups excluding carboxylic acids is 1. The highest BCUT2D eigenvalue weighted by molar-refractivity contribution is 5.75. The molecule has 1 unspecified atom stereocenters. The van der Waals surface area contributed by atoms with Gasteiger partial charge in [-0.2, -0.15) is 0 Å². The number of quaternary nitrogens is 1. The molecule has 5 heteroatoms. The molecule has 5 nitrogen and oxygen atoms in total. The minimum absolute atomic E-state index is 0.172. The molecule has 0 rings (SSSR count). The Bertz CT molecular complexity index is 532. The van der Waals surface area contributed by atoms with Gasteiger partial charge in [-0.15, -0.1) is 0 Å². The first-order valence-electron chi connectivity index (χ1n) is 14.6. The molecule has 0 spiro atoms. The van der Waals surface area contributed by atoms with Crippen LogP contribution in [0.15, 0.2) is 24.3 Å². The molecule has 0 aromatic heterocycles. The van der Waals surface area contributed by atoms with Crippen molar-refractivity contribution in [1.82, 2.24) is 5.32 Å². The van der Waals surface area contributed by atoms with E-state index >= 15 is 0 Å². The maximum absolute atomic E-state index is 12.1. The Labute approximate surface area is 218 Å². The van der Waals surface area contributed by atoms with Crippen molar-refractivity contribution < 1.29 is 19.1 Å². The third kappa shape index (κ3) is 25.7.